The molecule has 58 heavy (non-hydrogen) atoms. The number of amides is 1. The van der Waals surface area contributed by atoms with E-state index in [-0.39, 0.29) is 23.8 Å². The molecule has 0 fully saturated rings. The molecule has 12 nitrogen and oxygen atoms in total. The van der Waals surface area contributed by atoms with E-state index in [1.165, 1.54) is 36.0 Å². The number of carboxylic acids is 2. The fourth-order valence-corrected chi connectivity index (χ4v) is 6.62. The number of aliphatic hydroxyl groups is 2. The van der Waals surface area contributed by atoms with E-state index in [2.05, 4.69) is 23.7 Å². The SMILES string of the molecule is CCN(CC)CCN(Cc1ccc(-c2ccc(C(F)(F)F)cc2)cc1)C(=O)Cn1c(SCc2ccc(F)cc2)nc(=O)c2ccccc21.O=C(O)[C@H](O)[C@@H](O)C(=O)O. The number of aromatic nitrogens is 2. The second-order valence-electron chi connectivity index (χ2n) is 12.9. The maximum atomic E-state index is 14.1. The number of aliphatic carboxylic acids is 2. The summed E-state index contributed by atoms with van der Waals surface area (Å²) in [4.78, 5) is 55.0. The van der Waals surface area contributed by atoms with Crippen LogP contribution in [0.3, 0.4) is 0 Å². The van der Waals surface area contributed by atoms with Gasteiger partial charge in [0.15, 0.2) is 17.4 Å². The van der Waals surface area contributed by atoms with Gasteiger partial charge in [-0.3, -0.25) is 9.59 Å². The minimum Gasteiger partial charge on any atom is -0.479 e. The molecule has 1 aromatic heterocycles. The van der Waals surface area contributed by atoms with Crippen LogP contribution < -0.4 is 5.56 Å². The van der Waals surface area contributed by atoms with Crippen LogP contribution in [0.25, 0.3) is 22.0 Å². The Morgan fingerprint density at radius 1 is 0.776 bits per heavy atom. The molecule has 5 aromatic rings. The van der Waals surface area contributed by atoms with Gasteiger partial charge < -0.3 is 34.8 Å². The lowest BCUT2D eigenvalue weighted by molar-refractivity contribution is -0.165. The quantitative estimate of drug-likeness (QED) is 0.0541. The number of carboxylic acid groups (broad SMARTS) is 2. The van der Waals surface area contributed by atoms with Crippen molar-refractivity contribution in [1.82, 2.24) is 19.4 Å². The fourth-order valence-electron chi connectivity index (χ4n) is 5.67. The van der Waals surface area contributed by atoms with Crippen LogP contribution in [0.4, 0.5) is 17.6 Å². The van der Waals surface area contributed by atoms with E-state index in [0.717, 1.165) is 41.9 Å². The van der Waals surface area contributed by atoms with Crippen molar-refractivity contribution in [2.75, 3.05) is 26.2 Å². The lowest BCUT2D eigenvalue weighted by Crippen LogP contribution is -2.40. The summed E-state index contributed by atoms with van der Waals surface area (Å²) in [6, 6.07) is 25.7. The van der Waals surface area contributed by atoms with Crippen molar-refractivity contribution in [2.45, 2.75) is 56.2 Å². The van der Waals surface area contributed by atoms with E-state index in [1.807, 2.05) is 30.3 Å². The topological polar surface area (TPSA) is 174 Å². The highest BCUT2D eigenvalue weighted by atomic mass is 32.2. The number of carbonyl (C=O) groups is 3. The van der Waals surface area contributed by atoms with Crippen molar-refractivity contribution in [3.8, 4) is 11.1 Å². The van der Waals surface area contributed by atoms with Crippen molar-refractivity contribution >= 4 is 40.5 Å². The average Bonchev–Trinajstić information content (AvgIpc) is 3.21. The first-order valence-electron chi connectivity index (χ1n) is 18.0. The van der Waals surface area contributed by atoms with Crippen LogP contribution in [-0.4, -0.2) is 96.0 Å². The molecule has 308 valence electrons. The second kappa shape index (κ2) is 20.7. The molecule has 0 radical (unpaired) electrons. The second-order valence-corrected chi connectivity index (χ2v) is 13.8. The Balaban J connectivity index is 0.000000657. The molecule has 0 spiro atoms. The normalized spacial score (nSPS) is 12.4. The number of hydrogen-bond acceptors (Lipinski definition) is 9. The fraction of sp³-hybridized carbons (Fsp3) is 0.293. The number of aliphatic hydroxyl groups excluding tert-OH is 2. The Bertz CT molecular complexity index is 2200. The van der Waals surface area contributed by atoms with E-state index in [1.54, 1.807) is 39.8 Å². The van der Waals surface area contributed by atoms with Gasteiger partial charge in [0.2, 0.25) is 5.91 Å². The Morgan fingerprint density at radius 3 is 1.84 bits per heavy atom. The zero-order valence-corrected chi connectivity index (χ0v) is 32.3. The lowest BCUT2D eigenvalue weighted by atomic mass is 10.0. The molecule has 2 atom stereocenters. The number of likely N-dealkylation sites (N-methyl/N-ethyl adjacent to an activating group) is 1. The van der Waals surface area contributed by atoms with Crippen molar-refractivity contribution in [3.63, 3.8) is 0 Å². The van der Waals surface area contributed by atoms with Gasteiger partial charge in [-0.25, -0.2) is 14.0 Å². The summed E-state index contributed by atoms with van der Waals surface area (Å²) in [7, 11) is 0. The van der Waals surface area contributed by atoms with E-state index < -0.39 is 35.9 Å². The van der Waals surface area contributed by atoms with Gasteiger partial charge >= 0.3 is 18.1 Å². The molecule has 0 aliphatic rings. The Labute approximate surface area is 335 Å². The molecule has 4 aromatic carbocycles. The summed E-state index contributed by atoms with van der Waals surface area (Å²) in [5.74, 6) is -3.61. The molecule has 0 aliphatic carbocycles. The number of nitrogens with zero attached hydrogens (tertiary/aromatic N) is 4. The van der Waals surface area contributed by atoms with Crippen LogP contribution in [-0.2, 0) is 39.4 Å². The van der Waals surface area contributed by atoms with Crippen molar-refractivity contribution < 1.29 is 52.4 Å². The Morgan fingerprint density at radius 2 is 1.31 bits per heavy atom. The molecule has 17 heteroatoms. The summed E-state index contributed by atoms with van der Waals surface area (Å²) in [5.41, 5.74) is 2.65. The van der Waals surface area contributed by atoms with Gasteiger partial charge in [0.1, 0.15) is 12.4 Å². The summed E-state index contributed by atoms with van der Waals surface area (Å²) < 4.78 is 54.3. The minimum atomic E-state index is -4.40. The number of carbonyl (C=O) groups excluding carboxylic acids is 1. The molecule has 0 unspecified atom stereocenters. The molecule has 1 heterocycles. The van der Waals surface area contributed by atoms with Gasteiger partial charge in [0, 0.05) is 25.4 Å². The highest BCUT2D eigenvalue weighted by Crippen LogP contribution is 2.31. The van der Waals surface area contributed by atoms with E-state index >= 15 is 0 Å². The standard InChI is InChI=1S/C37H36F4N4O2S.C4H6O6/c1-3-43(4-2)21-22-44(23-26-9-13-28(14-10-26)29-15-17-30(18-16-29)37(39,40)41)34(46)24-45-33-8-6-5-7-32(33)35(47)42-36(45)48-25-27-11-19-31(38)20-12-27;5-1(3(7)8)2(6)4(9)10/h5-20H,3-4,21-25H2,1-2H3;1-2,5-6H,(H,7,8)(H,9,10)/t;1-,2-/m.1/s1. The lowest BCUT2D eigenvalue weighted by Gasteiger charge is -2.28. The highest BCUT2D eigenvalue weighted by Gasteiger charge is 2.30. The van der Waals surface area contributed by atoms with E-state index in [4.69, 9.17) is 20.4 Å². The highest BCUT2D eigenvalue weighted by molar-refractivity contribution is 7.98. The third-order valence-electron chi connectivity index (χ3n) is 9.04. The number of halogens is 4. The predicted molar refractivity (Wildman–Crippen MR) is 209 cm³/mol. The number of para-hydroxylation sites is 1. The molecule has 5 rings (SSSR count). The van der Waals surface area contributed by atoms with Crippen molar-refractivity contribution in [2.24, 2.45) is 0 Å². The molecule has 4 N–H and O–H groups in total. The van der Waals surface area contributed by atoms with E-state index in [0.29, 0.717) is 47.0 Å². The number of rotatable bonds is 16. The van der Waals surface area contributed by atoms with Gasteiger partial charge in [0.05, 0.1) is 16.5 Å². The first-order chi connectivity index (χ1) is 27.5. The monoisotopic (exact) mass is 826 g/mol. The number of fused-ring (bicyclic) bond motifs is 1. The van der Waals surface area contributed by atoms with Gasteiger partial charge in [-0.05, 0) is 71.7 Å². The van der Waals surface area contributed by atoms with E-state index in [9.17, 15) is 36.7 Å². The number of alkyl halides is 3. The molecule has 1 amide bonds. The van der Waals surface area contributed by atoms with Gasteiger partial charge in [-0.15, -0.1) is 0 Å². The van der Waals surface area contributed by atoms with Crippen molar-refractivity contribution in [3.05, 3.63) is 130 Å². The molecular formula is C41H42F4N4O8S. The smallest absolute Gasteiger partial charge is 0.416 e. The third-order valence-corrected chi connectivity index (χ3v) is 10.1. The zero-order chi connectivity index (χ0) is 42.6. The van der Waals surface area contributed by atoms with Crippen molar-refractivity contribution in [1.29, 1.82) is 0 Å². The van der Waals surface area contributed by atoms with Gasteiger partial charge in [0.25, 0.3) is 5.56 Å². The summed E-state index contributed by atoms with van der Waals surface area (Å²) in [6.07, 6.45) is -8.93. The maximum absolute atomic E-state index is 14.1. The first-order valence-corrected chi connectivity index (χ1v) is 19.0. The van der Waals surface area contributed by atoms with Gasteiger partial charge in [-0.1, -0.05) is 86.3 Å². The number of benzene rings is 4. The summed E-state index contributed by atoms with van der Waals surface area (Å²) in [6.45, 7) is 7.19. The third kappa shape index (κ3) is 12.4. The van der Waals surface area contributed by atoms with Crippen LogP contribution in [0.1, 0.15) is 30.5 Å². The van der Waals surface area contributed by atoms with Gasteiger partial charge in [-0.2, -0.15) is 18.2 Å². The molecule has 0 aliphatic heterocycles. The van der Waals surface area contributed by atoms with Crippen LogP contribution >= 0.6 is 11.8 Å². The predicted octanol–water partition coefficient (Wildman–Crippen LogP) is 5.76. The van der Waals surface area contributed by atoms with Crippen LogP contribution in [0.5, 0.6) is 0 Å². The molecular weight excluding hydrogens is 785 g/mol. The van der Waals surface area contributed by atoms with Crippen LogP contribution in [0, 0.1) is 5.82 Å². The Hall–Kier alpha value is -5.62. The number of hydrogen-bond donors (Lipinski definition) is 4. The Kier molecular flexibility index (Phi) is 16.1. The number of thioether (sulfide) groups is 1. The molecule has 0 bridgehead atoms. The molecule has 0 saturated carbocycles. The summed E-state index contributed by atoms with van der Waals surface area (Å²) in [5, 5.41) is 33.3. The molecule has 0 saturated heterocycles. The maximum Gasteiger partial charge on any atom is 0.416 e. The largest absolute Gasteiger partial charge is 0.479 e. The summed E-state index contributed by atoms with van der Waals surface area (Å²) >= 11 is 1.31. The van der Waals surface area contributed by atoms with Crippen LogP contribution in [0.15, 0.2) is 107 Å². The zero-order valence-electron chi connectivity index (χ0n) is 31.5. The first kappa shape index (κ1) is 45.1. The van der Waals surface area contributed by atoms with Crippen LogP contribution in [0.2, 0.25) is 0 Å². The average molecular weight is 827 g/mol. The minimum absolute atomic E-state index is 0.0541.